The van der Waals surface area contributed by atoms with Crippen molar-refractivity contribution >= 4 is 39.9 Å². The number of anilines is 2. The number of amides is 2. The van der Waals surface area contributed by atoms with Gasteiger partial charge in [0.25, 0.3) is 0 Å². The molecule has 0 aromatic heterocycles. The zero-order valence-electron chi connectivity index (χ0n) is 22.7. The molecule has 7 rings (SSSR count). The highest BCUT2D eigenvalue weighted by atomic mass is 32.2. The molecule has 3 nitrogen and oxygen atoms in total. The van der Waals surface area contributed by atoms with Crippen molar-refractivity contribution in [2.45, 2.75) is 22.3 Å². The molecule has 0 unspecified atom stereocenters. The minimum atomic E-state index is -0.305. The van der Waals surface area contributed by atoms with Gasteiger partial charge in [-0.15, -0.1) is 0 Å². The summed E-state index contributed by atoms with van der Waals surface area (Å²) < 4.78 is 13.7. The van der Waals surface area contributed by atoms with Crippen LogP contribution in [0.25, 0.3) is 10.8 Å². The van der Waals surface area contributed by atoms with Crippen molar-refractivity contribution in [1.82, 2.24) is 0 Å². The molecule has 0 saturated carbocycles. The van der Waals surface area contributed by atoms with Gasteiger partial charge in [0.1, 0.15) is 5.82 Å². The Morgan fingerprint density at radius 3 is 2.02 bits per heavy atom. The quantitative estimate of drug-likeness (QED) is 0.225. The van der Waals surface area contributed by atoms with Crippen LogP contribution in [0.5, 0.6) is 0 Å². The van der Waals surface area contributed by atoms with Crippen LogP contribution in [0.15, 0.2) is 149 Å². The van der Waals surface area contributed by atoms with Gasteiger partial charge in [-0.2, -0.15) is 0 Å². The van der Waals surface area contributed by atoms with Gasteiger partial charge in [0.05, 0.1) is 12.2 Å². The molecule has 6 aromatic carbocycles. The number of carbonyl (C=O) groups is 1. The zero-order chi connectivity index (χ0) is 28.5. The molecule has 0 atom stereocenters. The van der Waals surface area contributed by atoms with Crippen molar-refractivity contribution in [3.05, 3.63) is 168 Å². The predicted octanol–water partition coefficient (Wildman–Crippen LogP) is 9.86. The van der Waals surface area contributed by atoms with Crippen LogP contribution >= 0.6 is 11.8 Å². The van der Waals surface area contributed by atoms with E-state index in [1.807, 2.05) is 66.4 Å². The average Bonchev–Trinajstić information content (AvgIpc) is 3.03. The van der Waals surface area contributed by atoms with E-state index in [0.717, 1.165) is 33.3 Å². The smallest absolute Gasteiger partial charge is 0.307 e. The Morgan fingerprint density at radius 2 is 1.31 bits per heavy atom. The van der Waals surface area contributed by atoms with Crippen LogP contribution in [0.3, 0.4) is 0 Å². The topological polar surface area (TPSA) is 32.3 Å². The number of fused-ring (bicyclic) bond motifs is 3. The van der Waals surface area contributed by atoms with Gasteiger partial charge in [-0.3, -0.25) is 4.90 Å². The summed E-state index contributed by atoms with van der Waals surface area (Å²) in [5, 5.41) is 5.15. The number of urea groups is 1. The predicted molar refractivity (Wildman–Crippen MR) is 170 cm³/mol. The van der Waals surface area contributed by atoms with Gasteiger partial charge in [0, 0.05) is 26.8 Å². The summed E-state index contributed by atoms with van der Waals surface area (Å²) in [6.07, 6.45) is 0. The van der Waals surface area contributed by atoms with E-state index in [4.69, 9.17) is 0 Å². The lowest BCUT2D eigenvalue weighted by Gasteiger charge is -2.29. The molecule has 1 aliphatic rings. The minimum Gasteiger partial charge on any atom is -0.307 e. The number of carbonyl (C=O) groups excluding carboxylic acids is 1. The molecule has 0 aliphatic carbocycles. The van der Waals surface area contributed by atoms with Crippen molar-refractivity contribution in [2.75, 3.05) is 10.2 Å². The van der Waals surface area contributed by atoms with Gasteiger partial charge in [-0.05, 0) is 70.1 Å². The van der Waals surface area contributed by atoms with E-state index in [1.54, 1.807) is 17.0 Å². The van der Waals surface area contributed by atoms with Gasteiger partial charge in [0.15, 0.2) is 0 Å². The average molecular weight is 567 g/mol. The fourth-order valence-corrected chi connectivity index (χ4v) is 6.82. The molecular weight excluding hydrogens is 539 g/mol. The first kappa shape index (κ1) is 26.1. The van der Waals surface area contributed by atoms with Crippen molar-refractivity contribution in [1.29, 1.82) is 0 Å². The summed E-state index contributed by atoms with van der Waals surface area (Å²) in [5.41, 5.74) is 6.06. The highest BCUT2D eigenvalue weighted by Crippen LogP contribution is 2.48. The molecule has 42 heavy (non-hydrogen) atoms. The molecule has 0 fully saturated rings. The third kappa shape index (κ3) is 5.04. The SMILES string of the molecule is O=C(Nc1cccc2ccccc12)N(Cc1ccc(F)cc1)c1ccc(C2c3ccccc3Sc3ccccc32)cc1. The summed E-state index contributed by atoms with van der Waals surface area (Å²) in [5.74, 6) is -0.205. The van der Waals surface area contributed by atoms with E-state index in [0.29, 0.717) is 6.54 Å². The zero-order valence-corrected chi connectivity index (χ0v) is 23.5. The summed E-state index contributed by atoms with van der Waals surface area (Å²) >= 11 is 1.81. The Morgan fingerprint density at radius 1 is 0.690 bits per heavy atom. The number of nitrogens with one attached hydrogen (secondary N) is 1. The van der Waals surface area contributed by atoms with Gasteiger partial charge in [-0.25, -0.2) is 9.18 Å². The van der Waals surface area contributed by atoms with Gasteiger partial charge >= 0.3 is 6.03 Å². The Bertz CT molecular complexity index is 1850. The van der Waals surface area contributed by atoms with Crippen molar-refractivity contribution < 1.29 is 9.18 Å². The number of hydrogen-bond acceptors (Lipinski definition) is 2. The fraction of sp³-hybridized carbons (Fsp3) is 0.0541. The van der Waals surface area contributed by atoms with Crippen LogP contribution in [0.2, 0.25) is 0 Å². The lowest BCUT2D eigenvalue weighted by molar-refractivity contribution is 0.256. The van der Waals surface area contributed by atoms with Crippen LogP contribution in [0, 0.1) is 5.82 Å². The van der Waals surface area contributed by atoms with E-state index in [2.05, 4.69) is 66.0 Å². The summed E-state index contributed by atoms with van der Waals surface area (Å²) in [6.45, 7) is 0.294. The number of halogens is 1. The number of hydrogen-bond donors (Lipinski definition) is 1. The Balaban J connectivity index is 1.25. The highest BCUT2D eigenvalue weighted by Gasteiger charge is 2.27. The number of benzene rings is 6. The van der Waals surface area contributed by atoms with Crippen molar-refractivity contribution in [2.24, 2.45) is 0 Å². The molecule has 0 radical (unpaired) electrons. The second kappa shape index (κ2) is 11.2. The minimum absolute atomic E-state index is 0.0998. The normalized spacial score (nSPS) is 12.4. The van der Waals surface area contributed by atoms with Gasteiger partial charge < -0.3 is 5.32 Å². The van der Waals surface area contributed by atoms with E-state index < -0.39 is 0 Å². The van der Waals surface area contributed by atoms with E-state index in [9.17, 15) is 9.18 Å². The maximum absolute atomic E-state index is 13.9. The molecule has 0 saturated heterocycles. The highest BCUT2D eigenvalue weighted by molar-refractivity contribution is 7.99. The molecule has 5 heteroatoms. The van der Waals surface area contributed by atoms with Crippen molar-refractivity contribution in [3.63, 3.8) is 0 Å². The number of nitrogens with zero attached hydrogens (tertiary/aromatic N) is 1. The maximum atomic E-state index is 13.9. The molecule has 1 N–H and O–H groups in total. The van der Waals surface area contributed by atoms with Crippen LogP contribution in [0.4, 0.5) is 20.6 Å². The van der Waals surface area contributed by atoms with Crippen LogP contribution in [-0.4, -0.2) is 6.03 Å². The molecule has 0 spiro atoms. The van der Waals surface area contributed by atoms with Crippen LogP contribution in [0.1, 0.15) is 28.2 Å². The Hall–Kier alpha value is -4.87. The van der Waals surface area contributed by atoms with Crippen LogP contribution < -0.4 is 10.2 Å². The van der Waals surface area contributed by atoms with Gasteiger partial charge in [-0.1, -0.05) is 109 Å². The van der Waals surface area contributed by atoms with E-state index in [-0.39, 0.29) is 17.8 Å². The van der Waals surface area contributed by atoms with Crippen molar-refractivity contribution in [3.8, 4) is 0 Å². The Kier molecular flexibility index (Phi) is 6.94. The first-order valence-corrected chi connectivity index (χ1v) is 14.7. The summed E-state index contributed by atoms with van der Waals surface area (Å²) in [7, 11) is 0. The fourth-order valence-electron chi connectivity index (χ4n) is 5.69. The first-order chi connectivity index (χ1) is 20.6. The van der Waals surface area contributed by atoms with Gasteiger partial charge in [0.2, 0.25) is 0 Å². The van der Waals surface area contributed by atoms with E-state index >= 15 is 0 Å². The molecule has 1 aliphatic heterocycles. The monoisotopic (exact) mass is 566 g/mol. The molecule has 2 amide bonds. The largest absolute Gasteiger partial charge is 0.326 e. The second-order valence-electron chi connectivity index (χ2n) is 10.4. The molecule has 204 valence electrons. The standard InChI is InChI=1S/C37H27FN2OS/c38-28-20-16-25(17-21-28)24-40(37(41)39-33-13-7-9-26-8-1-2-10-30(26)33)29-22-18-27(19-23-29)36-31-11-3-5-14-34(31)42-35-15-6-4-12-32(35)36/h1-23,36H,24H2,(H,39,41). The molecule has 0 bridgehead atoms. The summed E-state index contributed by atoms with van der Waals surface area (Å²) in [6, 6.07) is 45.3. The van der Waals surface area contributed by atoms with Crippen LogP contribution in [-0.2, 0) is 6.54 Å². The summed E-state index contributed by atoms with van der Waals surface area (Å²) in [4.78, 5) is 18.1. The maximum Gasteiger partial charge on any atom is 0.326 e. The van der Waals surface area contributed by atoms with E-state index in [1.165, 1.54) is 33.1 Å². The first-order valence-electron chi connectivity index (χ1n) is 13.9. The molecular formula is C37H27FN2OS. The third-order valence-corrected chi connectivity index (χ3v) is 8.93. The lowest BCUT2D eigenvalue weighted by Crippen LogP contribution is -2.34. The number of rotatable bonds is 5. The molecule has 1 heterocycles. The third-order valence-electron chi connectivity index (χ3n) is 7.75. The molecule has 6 aromatic rings. The lowest BCUT2D eigenvalue weighted by atomic mass is 9.84. The Labute approximate surface area is 248 Å². The second-order valence-corrected chi connectivity index (χ2v) is 11.5.